The molecule has 3 rings (SSSR count). The van der Waals surface area contributed by atoms with Gasteiger partial charge in [-0.15, -0.1) is 0 Å². The van der Waals surface area contributed by atoms with Crippen LogP contribution in [0, 0.1) is 0 Å². The van der Waals surface area contributed by atoms with E-state index in [1.807, 2.05) is 0 Å². The largest absolute Gasteiger partial charge is 0.406 e. The number of halogens is 3. The summed E-state index contributed by atoms with van der Waals surface area (Å²) in [6.45, 7) is -1.35. The number of hydrogen-bond donors (Lipinski definition) is 1. The second-order valence-electron chi connectivity index (χ2n) is 5.52. The topological polar surface area (TPSA) is 88.3 Å². The number of carbonyl (C=O) groups excluding carboxylic acids is 2. The lowest BCUT2D eigenvalue weighted by Crippen LogP contribution is -2.43. The number of hydrogen-bond acceptors (Lipinski definition) is 5. The average Bonchev–Trinajstić information content (AvgIpc) is 3.19. The molecule has 0 saturated carbocycles. The van der Waals surface area contributed by atoms with Gasteiger partial charge in [0.05, 0.1) is 0 Å². The monoisotopic (exact) mass is 354 g/mol. The van der Waals surface area contributed by atoms with E-state index in [2.05, 4.69) is 20.0 Å². The third kappa shape index (κ3) is 3.95. The molecule has 1 fully saturated rings. The van der Waals surface area contributed by atoms with E-state index in [9.17, 15) is 22.8 Å². The van der Waals surface area contributed by atoms with Gasteiger partial charge in [0.15, 0.2) is 0 Å². The maximum Gasteiger partial charge on any atom is 0.406 e. The van der Waals surface area contributed by atoms with Crippen molar-refractivity contribution in [2.75, 3.05) is 13.1 Å². The second kappa shape index (κ2) is 6.54. The lowest BCUT2D eigenvalue weighted by molar-refractivity contribution is -0.157. The zero-order chi connectivity index (χ0) is 18.0. The smallest absolute Gasteiger partial charge is 0.342 e. The van der Waals surface area contributed by atoms with Crippen molar-refractivity contribution in [2.24, 2.45) is 0 Å². The molecule has 2 aromatic rings. The van der Waals surface area contributed by atoms with Gasteiger partial charge in [-0.05, 0) is 18.6 Å². The summed E-state index contributed by atoms with van der Waals surface area (Å²) in [5.41, 5.74) is 0.910. The molecule has 25 heavy (non-hydrogen) atoms. The molecule has 1 aliphatic heterocycles. The van der Waals surface area contributed by atoms with Crippen molar-refractivity contribution in [3.05, 3.63) is 36.2 Å². The molecular formula is C15H13F3N4O3. The fourth-order valence-corrected chi connectivity index (χ4v) is 2.56. The molecule has 132 valence electrons. The van der Waals surface area contributed by atoms with E-state index < -0.39 is 30.6 Å². The summed E-state index contributed by atoms with van der Waals surface area (Å²) in [5.74, 6) is -0.901. The molecule has 1 aliphatic rings. The Balaban J connectivity index is 1.62. The van der Waals surface area contributed by atoms with Gasteiger partial charge in [0, 0.05) is 17.7 Å². The molecular weight excluding hydrogens is 341 g/mol. The maximum absolute atomic E-state index is 12.4. The van der Waals surface area contributed by atoms with Gasteiger partial charge in [0.2, 0.25) is 18.1 Å². The highest BCUT2D eigenvalue weighted by Crippen LogP contribution is 2.21. The molecule has 10 heteroatoms. The number of likely N-dealkylation sites (tertiary alicyclic amines) is 1. The SMILES string of the molecule is O=C(NC1CCN(CC(F)(F)F)C1=O)c1ccc(-c2ncon2)cc1. The zero-order valence-corrected chi connectivity index (χ0v) is 12.8. The van der Waals surface area contributed by atoms with E-state index in [4.69, 9.17) is 0 Å². The number of nitrogens with one attached hydrogen (secondary N) is 1. The number of aromatic nitrogens is 2. The molecule has 7 nitrogen and oxygen atoms in total. The molecule has 2 amide bonds. The van der Waals surface area contributed by atoms with E-state index in [0.717, 1.165) is 0 Å². The summed E-state index contributed by atoms with van der Waals surface area (Å²) in [5, 5.41) is 6.13. The van der Waals surface area contributed by atoms with Crippen molar-refractivity contribution < 1.29 is 27.3 Å². The van der Waals surface area contributed by atoms with Crippen LogP contribution in [0.5, 0.6) is 0 Å². The van der Waals surface area contributed by atoms with Gasteiger partial charge >= 0.3 is 6.18 Å². The van der Waals surface area contributed by atoms with Crippen molar-refractivity contribution in [1.29, 1.82) is 0 Å². The van der Waals surface area contributed by atoms with Crippen LogP contribution in [0.15, 0.2) is 35.2 Å². The maximum atomic E-state index is 12.4. The second-order valence-corrected chi connectivity index (χ2v) is 5.52. The van der Waals surface area contributed by atoms with Gasteiger partial charge < -0.3 is 14.7 Å². The van der Waals surface area contributed by atoms with Crippen LogP contribution in [0.4, 0.5) is 13.2 Å². The fourth-order valence-electron chi connectivity index (χ4n) is 2.56. The Labute approximate surface area is 139 Å². The van der Waals surface area contributed by atoms with Crippen LogP contribution in [0.1, 0.15) is 16.8 Å². The highest BCUT2D eigenvalue weighted by atomic mass is 19.4. The van der Waals surface area contributed by atoms with Gasteiger partial charge in [-0.3, -0.25) is 9.59 Å². The lowest BCUT2D eigenvalue weighted by Gasteiger charge is -2.18. The van der Waals surface area contributed by atoms with Crippen LogP contribution >= 0.6 is 0 Å². The van der Waals surface area contributed by atoms with Crippen molar-refractivity contribution in [3.8, 4) is 11.4 Å². The van der Waals surface area contributed by atoms with Crippen LogP contribution in [0.2, 0.25) is 0 Å². The third-order valence-electron chi connectivity index (χ3n) is 3.74. The van der Waals surface area contributed by atoms with Crippen molar-refractivity contribution in [3.63, 3.8) is 0 Å². The molecule has 1 aromatic heterocycles. The fraction of sp³-hybridized carbons (Fsp3) is 0.333. The van der Waals surface area contributed by atoms with E-state index in [0.29, 0.717) is 16.3 Å². The van der Waals surface area contributed by atoms with Crippen LogP contribution in [0.25, 0.3) is 11.4 Å². The van der Waals surface area contributed by atoms with Gasteiger partial charge in [0.25, 0.3) is 5.91 Å². The Morgan fingerprint density at radius 2 is 2.04 bits per heavy atom. The number of amides is 2. The predicted molar refractivity (Wildman–Crippen MR) is 78.2 cm³/mol. The van der Waals surface area contributed by atoms with E-state index in [1.54, 1.807) is 12.1 Å². The van der Waals surface area contributed by atoms with E-state index in [-0.39, 0.29) is 18.5 Å². The molecule has 0 bridgehead atoms. The standard InChI is InChI=1S/C15H13F3N4O3/c16-15(17,18)7-22-6-5-11(14(22)24)20-13(23)10-3-1-9(2-4-10)12-19-8-25-21-12/h1-4,8,11H,5-7H2,(H,20,23). The Morgan fingerprint density at radius 1 is 1.32 bits per heavy atom. The van der Waals surface area contributed by atoms with Crippen LogP contribution in [-0.4, -0.2) is 52.2 Å². The van der Waals surface area contributed by atoms with Crippen molar-refractivity contribution in [1.82, 2.24) is 20.4 Å². The number of rotatable bonds is 4. The quantitative estimate of drug-likeness (QED) is 0.902. The van der Waals surface area contributed by atoms with Crippen LogP contribution < -0.4 is 5.32 Å². The minimum absolute atomic E-state index is 0.0416. The molecule has 1 N–H and O–H groups in total. The molecule has 0 radical (unpaired) electrons. The summed E-state index contributed by atoms with van der Waals surface area (Å²) in [6, 6.07) is 5.27. The summed E-state index contributed by atoms with van der Waals surface area (Å²) in [6.07, 6.45) is -3.14. The summed E-state index contributed by atoms with van der Waals surface area (Å²) in [7, 11) is 0. The summed E-state index contributed by atoms with van der Waals surface area (Å²) < 4.78 is 41.8. The molecule has 2 heterocycles. The Kier molecular flexibility index (Phi) is 4.43. The predicted octanol–water partition coefficient (Wildman–Crippen LogP) is 1.63. The number of benzene rings is 1. The average molecular weight is 354 g/mol. The Hall–Kier alpha value is -2.91. The molecule has 1 atom stereocenters. The van der Waals surface area contributed by atoms with Crippen LogP contribution in [0.3, 0.4) is 0 Å². The lowest BCUT2D eigenvalue weighted by atomic mass is 10.1. The molecule has 0 spiro atoms. The Morgan fingerprint density at radius 3 is 2.64 bits per heavy atom. The highest BCUT2D eigenvalue weighted by molar-refractivity contribution is 5.98. The molecule has 0 aliphatic carbocycles. The van der Waals surface area contributed by atoms with Gasteiger partial charge in [-0.2, -0.15) is 18.2 Å². The number of nitrogens with zero attached hydrogens (tertiary/aromatic N) is 3. The van der Waals surface area contributed by atoms with Crippen molar-refractivity contribution >= 4 is 11.8 Å². The minimum Gasteiger partial charge on any atom is -0.342 e. The zero-order valence-electron chi connectivity index (χ0n) is 12.8. The van der Waals surface area contributed by atoms with Crippen molar-refractivity contribution in [2.45, 2.75) is 18.6 Å². The first-order valence-corrected chi connectivity index (χ1v) is 7.37. The first kappa shape index (κ1) is 16.9. The van der Waals surface area contributed by atoms with E-state index >= 15 is 0 Å². The first-order chi connectivity index (χ1) is 11.8. The van der Waals surface area contributed by atoms with Crippen LogP contribution in [-0.2, 0) is 4.79 Å². The molecule has 1 unspecified atom stereocenters. The number of alkyl halides is 3. The first-order valence-electron chi connectivity index (χ1n) is 7.37. The normalized spacial score (nSPS) is 17.8. The minimum atomic E-state index is -4.46. The third-order valence-corrected chi connectivity index (χ3v) is 3.74. The van der Waals surface area contributed by atoms with Gasteiger partial charge in [0.1, 0.15) is 12.6 Å². The summed E-state index contributed by atoms with van der Waals surface area (Å²) in [4.78, 5) is 28.7. The van der Waals surface area contributed by atoms with E-state index in [1.165, 1.54) is 18.5 Å². The Bertz CT molecular complexity index is 759. The summed E-state index contributed by atoms with van der Waals surface area (Å²) >= 11 is 0. The molecule has 1 saturated heterocycles. The molecule has 1 aromatic carbocycles. The highest BCUT2D eigenvalue weighted by Gasteiger charge is 2.39. The van der Waals surface area contributed by atoms with Gasteiger partial charge in [-0.1, -0.05) is 17.3 Å². The van der Waals surface area contributed by atoms with Gasteiger partial charge in [-0.25, -0.2) is 0 Å². The number of carbonyl (C=O) groups is 2.